The van der Waals surface area contributed by atoms with Crippen LogP contribution in [0.5, 0.6) is 0 Å². The third-order valence-electron chi connectivity index (χ3n) is 3.17. The maximum absolute atomic E-state index is 4.60. The maximum atomic E-state index is 4.60. The minimum absolute atomic E-state index is 0. The molecule has 1 aromatic heterocycles. The van der Waals surface area contributed by atoms with E-state index in [2.05, 4.69) is 21.4 Å². The van der Waals surface area contributed by atoms with Crippen LogP contribution in [0.15, 0.2) is 30.5 Å². The summed E-state index contributed by atoms with van der Waals surface area (Å²) >= 11 is 0. The van der Waals surface area contributed by atoms with E-state index in [1.165, 1.54) is 6.42 Å². The Hall–Kier alpha value is -1.19. The Morgan fingerprint density at radius 3 is 3.00 bits per heavy atom. The number of para-hydroxylation sites is 1. The van der Waals surface area contributed by atoms with Crippen LogP contribution in [0.3, 0.4) is 0 Å². The number of hydrogen-bond acceptors (Lipinski definition) is 3. The number of fused-ring (bicyclic) bond motifs is 1. The van der Waals surface area contributed by atoms with Crippen molar-refractivity contribution in [2.45, 2.75) is 12.8 Å². The van der Waals surface area contributed by atoms with Crippen molar-refractivity contribution in [2.75, 3.05) is 13.1 Å². The third kappa shape index (κ3) is 2.73. The van der Waals surface area contributed by atoms with Gasteiger partial charge >= 0.3 is 0 Å². The van der Waals surface area contributed by atoms with Crippen LogP contribution in [0.1, 0.15) is 12.2 Å². The molecule has 3 nitrogen and oxygen atoms in total. The molecule has 0 aliphatic carbocycles. The highest BCUT2D eigenvalue weighted by atomic mass is 35.5. The topological polar surface area (TPSA) is 37.8 Å². The predicted molar refractivity (Wildman–Crippen MR) is 71.5 cm³/mol. The van der Waals surface area contributed by atoms with Crippen LogP contribution >= 0.6 is 12.4 Å². The largest absolute Gasteiger partial charge is 0.316 e. The second-order valence-electron chi connectivity index (χ2n) is 4.41. The first-order valence-corrected chi connectivity index (χ1v) is 5.83. The standard InChI is InChI=1S/C13H15N3.ClH/c1-2-4-12-11(3-1)9-15-13(16-12)7-10-5-6-14-8-10;/h1-4,9-10,14H,5-8H2;1H/t10-;/m0./s1. The van der Waals surface area contributed by atoms with E-state index in [-0.39, 0.29) is 12.4 Å². The summed E-state index contributed by atoms with van der Waals surface area (Å²) in [6, 6.07) is 8.14. The van der Waals surface area contributed by atoms with E-state index in [1.54, 1.807) is 0 Å². The minimum atomic E-state index is 0. The van der Waals surface area contributed by atoms with Gasteiger partial charge < -0.3 is 5.32 Å². The lowest BCUT2D eigenvalue weighted by Crippen LogP contribution is -2.12. The van der Waals surface area contributed by atoms with Crippen molar-refractivity contribution >= 4 is 23.3 Å². The zero-order valence-corrected chi connectivity index (χ0v) is 10.4. The van der Waals surface area contributed by atoms with Gasteiger partial charge in [-0.2, -0.15) is 0 Å². The molecule has 0 bridgehead atoms. The van der Waals surface area contributed by atoms with Gasteiger partial charge in [-0.1, -0.05) is 18.2 Å². The molecule has 0 saturated carbocycles. The van der Waals surface area contributed by atoms with E-state index in [0.29, 0.717) is 5.92 Å². The molecule has 1 aliphatic rings. The molecule has 1 N–H and O–H groups in total. The Bertz CT molecular complexity index is 495. The van der Waals surface area contributed by atoms with Crippen molar-refractivity contribution in [2.24, 2.45) is 5.92 Å². The lowest BCUT2D eigenvalue weighted by Gasteiger charge is -2.07. The number of aromatic nitrogens is 2. The smallest absolute Gasteiger partial charge is 0.129 e. The first kappa shape index (κ1) is 12.3. The van der Waals surface area contributed by atoms with E-state index in [4.69, 9.17) is 0 Å². The van der Waals surface area contributed by atoms with Crippen LogP contribution in [-0.4, -0.2) is 23.1 Å². The van der Waals surface area contributed by atoms with Crippen LogP contribution in [0.4, 0.5) is 0 Å². The molecule has 90 valence electrons. The summed E-state index contributed by atoms with van der Waals surface area (Å²) in [6.07, 6.45) is 4.17. The normalized spacial score (nSPS) is 19.2. The number of halogens is 1. The highest BCUT2D eigenvalue weighted by molar-refractivity contribution is 5.85. The molecule has 4 heteroatoms. The Kier molecular flexibility index (Phi) is 3.92. The summed E-state index contributed by atoms with van der Waals surface area (Å²) in [7, 11) is 0. The Morgan fingerprint density at radius 1 is 1.29 bits per heavy atom. The van der Waals surface area contributed by atoms with Gasteiger partial charge in [-0.3, -0.25) is 0 Å². The fourth-order valence-corrected chi connectivity index (χ4v) is 2.26. The zero-order valence-electron chi connectivity index (χ0n) is 9.60. The summed E-state index contributed by atoms with van der Waals surface area (Å²) in [6.45, 7) is 2.24. The van der Waals surface area contributed by atoms with Gasteiger partial charge in [0.1, 0.15) is 5.82 Å². The van der Waals surface area contributed by atoms with Crippen molar-refractivity contribution in [3.63, 3.8) is 0 Å². The second kappa shape index (κ2) is 5.43. The number of hydrogen-bond donors (Lipinski definition) is 1. The van der Waals surface area contributed by atoms with Gasteiger partial charge in [0.05, 0.1) is 5.52 Å². The molecule has 1 aliphatic heterocycles. The van der Waals surface area contributed by atoms with E-state index in [0.717, 1.165) is 36.2 Å². The Labute approximate surface area is 107 Å². The van der Waals surface area contributed by atoms with Gasteiger partial charge in [0.15, 0.2) is 0 Å². The fraction of sp³-hybridized carbons (Fsp3) is 0.385. The third-order valence-corrected chi connectivity index (χ3v) is 3.17. The molecule has 1 aromatic carbocycles. The van der Waals surface area contributed by atoms with Crippen LogP contribution in [0.2, 0.25) is 0 Å². The molecule has 1 fully saturated rings. The quantitative estimate of drug-likeness (QED) is 0.887. The van der Waals surface area contributed by atoms with E-state index in [1.807, 2.05) is 24.4 Å². The molecule has 0 unspecified atom stereocenters. The molecule has 1 saturated heterocycles. The predicted octanol–water partition coefficient (Wildman–Crippen LogP) is 2.20. The molecule has 1 atom stereocenters. The molecular weight excluding hydrogens is 234 g/mol. The number of nitrogens with one attached hydrogen (secondary N) is 1. The molecule has 2 aromatic rings. The second-order valence-corrected chi connectivity index (χ2v) is 4.41. The first-order valence-electron chi connectivity index (χ1n) is 5.83. The molecule has 0 amide bonds. The van der Waals surface area contributed by atoms with Crippen LogP contribution in [-0.2, 0) is 6.42 Å². The summed E-state index contributed by atoms with van der Waals surface area (Å²) in [4.78, 5) is 9.03. The van der Waals surface area contributed by atoms with Gasteiger partial charge in [0, 0.05) is 18.0 Å². The summed E-state index contributed by atoms with van der Waals surface area (Å²) in [5.74, 6) is 1.69. The minimum Gasteiger partial charge on any atom is -0.316 e. The Morgan fingerprint density at radius 2 is 2.18 bits per heavy atom. The molecular formula is C13H16ClN3. The van der Waals surface area contributed by atoms with Crippen LogP contribution in [0, 0.1) is 5.92 Å². The monoisotopic (exact) mass is 249 g/mol. The van der Waals surface area contributed by atoms with E-state index < -0.39 is 0 Å². The van der Waals surface area contributed by atoms with Crippen molar-refractivity contribution in [1.29, 1.82) is 0 Å². The average molecular weight is 250 g/mol. The molecule has 2 heterocycles. The van der Waals surface area contributed by atoms with Crippen molar-refractivity contribution in [3.8, 4) is 0 Å². The lowest BCUT2D eigenvalue weighted by atomic mass is 10.0. The van der Waals surface area contributed by atoms with Gasteiger partial charge in [0.2, 0.25) is 0 Å². The van der Waals surface area contributed by atoms with Crippen molar-refractivity contribution in [3.05, 3.63) is 36.3 Å². The highest BCUT2D eigenvalue weighted by Crippen LogP contribution is 2.15. The van der Waals surface area contributed by atoms with Gasteiger partial charge in [-0.05, 0) is 31.5 Å². The Balaban J connectivity index is 0.00000108. The zero-order chi connectivity index (χ0) is 10.8. The van der Waals surface area contributed by atoms with Crippen molar-refractivity contribution < 1.29 is 0 Å². The maximum Gasteiger partial charge on any atom is 0.129 e. The SMILES string of the molecule is Cl.c1ccc2nc(C[C@@H]3CCNC3)ncc2c1. The first-order chi connectivity index (χ1) is 7.92. The van der Waals surface area contributed by atoms with E-state index in [9.17, 15) is 0 Å². The molecule has 17 heavy (non-hydrogen) atoms. The van der Waals surface area contributed by atoms with Crippen molar-refractivity contribution in [1.82, 2.24) is 15.3 Å². The molecule has 0 spiro atoms. The fourth-order valence-electron chi connectivity index (χ4n) is 2.26. The highest BCUT2D eigenvalue weighted by Gasteiger charge is 2.16. The number of rotatable bonds is 2. The van der Waals surface area contributed by atoms with Gasteiger partial charge in [-0.25, -0.2) is 9.97 Å². The van der Waals surface area contributed by atoms with Gasteiger partial charge in [0.25, 0.3) is 0 Å². The van der Waals surface area contributed by atoms with Crippen LogP contribution < -0.4 is 5.32 Å². The summed E-state index contributed by atoms with van der Waals surface area (Å²) in [5.41, 5.74) is 1.05. The van der Waals surface area contributed by atoms with E-state index >= 15 is 0 Å². The molecule has 0 radical (unpaired) electrons. The average Bonchev–Trinajstić information content (AvgIpc) is 2.82. The van der Waals surface area contributed by atoms with Crippen LogP contribution in [0.25, 0.3) is 10.9 Å². The summed E-state index contributed by atoms with van der Waals surface area (Å²) < 4.78 is 0. The number of benzene rings is 1. The van der Waals surface area contributed by atoms with Gasteiger partial charge in [-0.15, -0.1) is 12.4 Å². The lowest BCUT2D eigenvalue weighted by molar-refractivity contribution is 0.563. The number of nitrogens with zero attached hydrogens (tertiary/aromatic N) is 2. The molecule has 3 rings (SSSR count). The summed E-state index contributed by atoms with van der Waals surface area (Å²) in [5, 5.41) is 4.50.